The topological polar surface area (TPSA) is 46.1 Å². The number of anilines is 1. The second-order valence-electron chi connectivity index (χ2n) is 6.43. The van der Waals surface area contributed by atoms with Gasteiger partial charge >= 0.3 is 0 Å². The average molecular weight is 299 g/mol. The summed E-state index contributed by atoms with van der Waals surface area (Å²) in [6.07, 6.45) is 1.40. The minimum Gasteiger partial charge on any atom is -0.312 e. The highest BCUT2D eigenvalue weighted by atomic mass is 19.1. The van der Waals surface area contributed by atoms with Crippen LogP contribution in [0.25, 0.3) is 0 Å². The van der Waals surface area contributed by atoms with Crippen LogP contribution in [0.3, 0.4) is 0 Å². The van der Waals surface area contributed by atoms with E-state index in [0.717, 1.165) is 34.6 Å². The highest BCUT2D eigenvalue weighted by molar-refractivity contribution is 5.80. The second-order valence-corrected chi connectivity index (χ2v) is 6.43. The molecule has 1 aliphatic heterocycles. The van der Waals surface area contributed by atoms with Crippen LogP contribution in [0.1, 0.15) is 36.4 Å². The second kappa shape index (κ2) is 5.16. The maximum Gasteiger partial charge on any atom is 0.214 e. The third kappa shape index (κ3) is 2.47. The fourth-order valence-corrected chi connectivity index (χ4v) is 2.94. The van der Waals surface area contributed by atoms with Gasteiger partial charge in [-0.25, -0.2) is 4.39 Å². The average Bonchev–Trinajstić information content (AvgIpc) is 2.73. The Morgan fingerprint density at radius 3 is 2.77 bits per heavy atom. The van der Waals surface area contributed by atoms with E-state index in [-0.39, 0.29) is 11.2 Å². The molecule has 0 saturated heterocycles. The molecule has 2 aromatic rings. The normalized spacial score (nSPS) is 15.7. The molecule has 0 saturated carbocycles. The number of hydrogen-bond donors (Lipinski definition) is 0. The molecule has 0 aliphatic carbocycles. The minimum absolute atomic E-state index is 0.187. The molecular weight excluding hydrogens is 281 g/mol. The van der Waals surface area contributed by atoms with E-state index < -0.39 is 0 Å². The number of benzene rings is 1. The summed E-state index contributed by atoms with van der Waals surface area (Å²) in [4.78, 5) is 12.9. The molecule has 114 valence electrons. The zero-order valence-corrected chi connectivity index (χ0v) is 12.9. The number of fused-ring (bicyclic) bond motifs is 1. The number of halogens is 1. The lowest BCUT2D eigenvalue weighted by molar-refractivity contribution is -0.107. The number of carbonyl (C=O) groups excluding carboxylic acids is 1. The Hall–Kier alpha value is -2.30. The summed E-state index contributed by atoms with van der Waals surface area (Å²) < 4.78 is 13.2. The predicted octanol–water partition coefficient (Wildman–Crippen LogP) is 2.77. The molecule has 0 unspecified atom stereocenters. The van der Waals surface area contributed by atoms with Crippen molar-refractivity contribution >= 4 is 12.1 Å². The Morgan fingerprint density at radius 2 is 2.09 bits per heavy atom. The van der Waals surface area contributed by atoms with Crippen LogP contribution in [-0.2, 0) is 16.6 Å². The number of amides is 1. The van der Waals surface area contributed by atoms with E-state index in [1.165, 1.54) is 12.1 Å². The Labute approximate surface area is 129 Å². The van der Waals surface area contributed by atoms with E-state index >= 15 is 0 Å². The van der Waals surface area contributed by atoms with Crippen molar-refractivity contribution < 1.29 is 9.18 Å². The number of hydrogen-bond acceptors (Lipinski definition) is 3. The van der Waals surface area contributed by atoms with Crippen molar-refractivity contribution in [3.05, 3.63) is 52.6 Å². The molecule has 2 heterocycles. The van der Waals surface area contributed by atoms with Gasteiger partial charge in [-0.2, -0.15) is 10.2 Å². The lowest BCUT2D eigenvalue weighted by Gasteiger charge is -2.16. The highest BCUT2D eigenvalue weighted by Gasteiger charge is 2.37. The van der Waals surface area contributed by atoms with Gasteiger partial charge in [-0.1, -0.05) is 19.9 Å². The molecule has 3 rings (SSSR count). The van der Waals surface area contributed by atoms with Crippen molar-refractivity contribution in [2.45, 2.75) is 32.6 Å². The lowest BCUT2D eigenvalue weighted by atomic mass is 9.91. The van der Waals surface area contributed by atoms with Gasteiger partial charge in [0.15, 0.2) is 0 Å². The Morgan fingerprint density at radius 1 is 1.32 bits per heavy atom. The molecule has 1 amide bonds. The summed E-state index contributed by atoms with van der Waals surface area (Å²) in [6.45, 7) is 6.58. The van der Waals surface area contributed by atoms with Crippen molar-refractivity contribution in [1.29, 1.82) is 0 Å². The van der Waals surface area contributed by atoms with Gasteiger partial charge in [0, 0.05) is 18.4 Å². The highest BCUT2D eigenvalue weighted by Crippen LogP contribution is 2.38. The van der Waals surface area contributed by atoms with Gasteiger partial charge < -0.3 is 4.90 Å². The van der Waals surface area contributed by atoms with E-state index in [4.69, 9.17) is 0 Å². The number of aryl methyl sites for hydroxylation is 1. The van der Waals surface area contributed by atoms with Crippen LogP contribution in [0.4, 0.5) is 10.1 Å². The van der Waals surface area contributed by atoms with Gasteiger partial charge in [0.1, 0.15) is 5.82 Å². The Bertz CT molecular complexity index is 743. The molecule has 0 radical (unpaired) electrons. The van der Waals surface area contributed by atoms with Crippen LogP contribution in [0.2, 0.25) is 0 Å². The molecule has 0 fully saturated rings. The molecule has 1 aliphatic rings. The first-order chi connectivity index (χ1) is 10.4. The van der Waals surface area contributed by atoms with E-state index in [0.29, 0.717) is 13.0 Å². The van der Waals surface area contributed by atoms with Crippen LogP contribution in [0, 0.1) is 12.7 Å². The van der Waals surface area contributed by atoms with E-state index in [2.05, 4.69) is 10.2 Å². The molecule has 1 aromatic carbocycles. The standard InChI is InChI=1S/C17H18FN3O/c1-11-6-13(18)5-4-12(11)7-14-8-15-16(20-19-14)17(2,3)9-21(15)10-22/h4-6,8,10H,7,9H2,1-3H3. The first-order valence-corrected chi connectivity index (χ1v) is 7.25. The number of nitrogens with zero attached hydrogens (tertiary/aromatic N) is 3. The zero-order valence-electron chi connectivity index (χ0n) is 12.9. The van der Waals surface area contributed by atoms with Gasteiger partial charge in [0.05, 0.1) is 17.1 Å². The van der Waals surface area contributed by atoms with Crippen molar-refractivity contribution in [1.82, 2.24) is 10.2 Å². The third-order valence-corrected chi connectivity index (χ3v) is 4.14. The number of rotatable bonds is 3. The molecule has 22 heavy (non-hydrogen) atoms. The molecule has 0 N–H and O–H groups in total. The Kier molecular flexibility index (Phi) is 3.43. The quantitative estimate of drug-likeness (QED) is 0.819. The van der Waals surface area contributed by atoms with Gasteiger partial charge in [0.2, 0.25) is 6.41 Å². The smallest absolute Gasteiger partial charge is 0.214 e. The first kappa shape index (κ1) is 14.6. The van der Waals surface area contributed by atoms with Crippen LogP contribution in [-0.4, -0.2) is 23.2 Å². The summed E-state index contributed by atoms with van der Waals surface area (Å²) in [5.41, 5.74) is 4.15. The summed E-state index contributed by atoms with van der Waals surface area (Å²) >= 11 is 0. The maximum atomic E-state index is 13.2. The zero-order chi connectivity index (χ0) is 15.9. The molecule has 1 aromatic heterocycles. The maximum absolute atomic E-state index is 13.2. The van der Waals surface area contributed by atoms with Crippen molar-refractivity contribution in [2.24, 2.45) is 0 Å². The van der Waals surface area contributed by atoms with Gasteiger partial charge in [-0.3, -0.25) is 4.79 Å². The molecule has 0 bridgehead atoms. The SMILES string of the molecule is Cc1cc(F)ccc1Cc1cc2c(nn1)C(C)(C)CN2C=O. The summed E-state index contributed by atoms with van der Waals surface area (Å²) in [5.74, 6) is -0.241. The van der Waals surface area contributed by atoms with Crippen LogP contribution < -0.4 is 4.90 Å². The van der Waals surface area contributed by atoms with Crippen molar-refractivity contribution in [3.8, 4) is 0 Å². The monoisotopic (exact) mass is 299 g/mol. The minimum atomic E-state index is -0.241. The van der Waals surface area contributed by atoms with Crippen molar-refractivity contribution in [2.75, 3.05) is 11.4 Å². The fourth-order valence-electron chi connectivity index (χ4n) is 2.94. The predicted molar refractivity (Wildman–Crippen MR) is 82.4 cm³/mol. The van der Waals surface area contributed by atoms with E-state index in [9.17, 15) is 9.18 Å². The fraction of sp³-hybridized carbons (Fsp3) is 0.353. The van der Waals surface area contributed by atoms with Crippen LogP contribution in [0.15, 0.2) is 24.3 Å². The van der Waals surface area contributed by atoms with Crippen LogP contribution >= 0.6 is 0 Å². The molecule has 0 atom stereocenters. The first-order valence-electron chi connectivity index (χ1n) is 7.25. The molecule has 4 nitrogen and oxygen atoms in total. The van der Waals surface area contributed by atoms with Gasteiger partial charge in [-0.15, -0.1) is 0 Å². The Balaban J connectivity index is 1.96. The van der Waals surface area contributed by atoms with Crippen LogP contribution in [0.5, 0.6) is 0 Å². The number of carbonyl (C=O) groups is 1. The van der Waals surface area contributed by atoms with Gasteiger partial charge in [0.25, 0.3) is 0 Å². The molecular formula is C17H18FN3O. The molecule has 5 heteroatoms. The summed E-state index contributed by atoms with van der Waals surface area (Å²) in [5, 5.41) is 8.62. The lowest BCUT2D eigenvalue weighted by Crippen LogP contribution is -2.27. The third-order valence-electron chi connectivity index (χ3n) is 4.14. The van der Waals surface area contributed by atoms with Gasteiger partial charge in [-0.05, 0) is 36.2 Å². The molecule has 0 spiro atoms. The summed E-state index contributed by atoms with van der Waals surface area (Å²) in [7, 11) is 0. The van der Waals surface area contributed by atoms with Crippen molar-refractivity contribution in [3.63, 3.8) is 0 Å². The van der Waals surface area contributed by atoms with E-state index in [1.807, 2.05) is 26.8 Å². The number of aromatic nitrogens is 2. The van der Waals surface area contributed by atoms with E-state index in [1.54, 1.807) is 11.0 Å². The summed E-state index contributed by atoms with van der Waals surface area (Å²) in [6, 6.07) is 6.64. The largest absolute Gasteiger partial charge is 0.312 e.